The van der Waals surface area contributed by atoms with Crippen LogP contribution in [0.3, 0.4) is 0 Å². The van der Waals surface area contributed by atoms with Crippen LogP contribution in [0.15, 0.2) is 0 Å². The van der Waals surface area contributed by atoms with Gasteiger partial charge in [0.1, 0.15) is 0 Å². The molecule has 1 N–H and O–H groups in total. The predicted molar refractivity (Wildman–Crippen MR) is 77.0 cm³/mol. The third-order valence-electron chi connectivity index (χ3n) is 4.86. The van der Waals surface area contributed by atoms with Gasteiger partial charge >= 0.3 is 0 Å². The van der Waals surface area contributed by atoms with Crippen LogP contribution in [0.25, 0.3) is 0 Å². The molecule has 1 aliphatic carbocycles. The summed E-state index contributed by atoms with van der Waals surface area (Å²) in [6.45, 7) is 6.81. The van der Waals surface area contributed by atoms with E-state index in [-0.39, 0.29) is 28.1 Å². The maximum absolute atomic E-state index is 12.9. The van der Waals surface area contributed by atoms with Crippen molar-refractivity contribution >= 4 is 9.84 Å². The lowest BCUT2D eigenvalue weighted by molar-refractivity contribution is 0.125. The van der Waals surface area contributed by atoms with Gasteiger partial charge in [-0.05, 0) is 45.1 Å². The van der Waals surface area contributed by atoms with Crippen molar-refractivity contribution in [2.45, 2.75) is 69.1 Å². The second-order valence-electron chi connectivity index (χ2n) is 6.83. The van der Waals surface area contributed by atoms with Gasteiger partial charge in [-0.15, -0.1) is 0 Å². The maximum atomic E-state index is 12.9. The predicted octanol–water partition coefficient (Wildman–Crippen LogP) is 1.75. The van der Waals surface area contributed by atoms with Crippen molar-refractivity contribution in [1.29, 1.82) is 0 Å². The molecule has 4 atom stereocenters. The van der Waals surface area contributed by atoms with Gasteiger partial charge in [-0.1, -0.05) is 13.8 Å². The normalized spacial score (nSPS) is 39.4. The summed E-state index contributed by atoms with van der Waals surface area (Å²) in [5.41, 5.74) is 0.119. The van der Waals surface area contributed by atoms with E-state index in [4.69, 9.17) is 4.74 Å². The zero-order valence-corrected chi connectivity index (χ0v) is 13.3. The molecule has 5 heteroatoms. The molecule has 0 amide bonds. The van der Waals surface area contributed by atoms with E-state index in [0.717, 1.165) is 19.3 Å². The molecule has 0 radical (unpaired) electrons. The molecule has 1 aliphatic heterocycles. The van der Waals surface area contributed by atoms with Crippen molar-refractivity contribution in [3.8, 4) is 0 Å². The van der Waals surface area contributed by atoms with Crippen molar-refractivity contribution in [3.63, 3.8) is 0 Å². The highest BCUT2D eigenvalue weighted by Gasteiger charge is 2.47. The van der Waals surface area contributed by atoms with Crippen LogP contribution in [-0.4, -0.2) is 44.7 Å². The molecular weight excluding hydrogens is 262 g/mol. The minimum atomic E-state index is -3.13. The lowest BCUT2D eigenvalue weighted by Gasteiger charge is -2.41. The SMILES string of the molecule is CNC1CCC(C)(C)CC1S(=O)(=O)C1CCOC1C. The van der Waals surface area contributed by atoms with Crippen molar-refractivity contribution in [2.75, 3.05) is 13.7 Å². The van der Waals surface area contributed by atoms with Gasteiger partial charge in [0, 0.05) is 12.6 Å². The Labute approximate surface area is 117 Å². The van der Waals surface area contributed by atoms with Gasteiger partial charge in [0.15, 0.2) is 9.84 Å². The highest BCUT2D eigenvalue weighted by atomic mass is 32.2. The van der Waals surface area contributed by atoms with E-state index in [1.807, 2.05) is 14.0 Å². The van der Waals surface area contributed by atoms with Gasteiger partial charge < -0.3 is 10.1 Å². The topological polar surface area (TPSA) is 55.4 Å². The van der Waals surface area contributed by atoms with Crippen LogP contribution in [0.2, 0.25) is 0 Å². The average molecular weight is 289 g/mol. The molecule has 2 fully saturated rings. The van der Waals surface area contributed by atoms with Crippen LogP contribution in [-0.2, 0) is 14.6 Å². The summed E-state index contributed by atoms with van der Waals surface area (Å²) in [5.74, 6) is 0. The Morgan fingerprint density at radius 3 is 2.42 bits per heavy atom. The van der Waals surface area contributed by atoms with E-state index in [0.29, 0.717) is 13.0 Å². The van der Waals surface area contributed by atoms with Crippen molar-refractivity contribution in [1.82, 2.24) is 5.32 Å². The molecule has 0 bridgehead atoms. The van der Waals surface area contributed by atoms with Crippen molar-refractivity contribution in [2.24, 2.45) is 5.41 Å². The summed E-state index contributed by atoms with van der Waals surface area (Å²) in [7, 11) is -1.26. The summed E-state index contributed by atoms with van der Waals surface area (Å²) in [6.07, 6.45) is 3.27. The minimum Gasteiger partial charge on any atom is -0.377 e. The third-order valence-corrected chi connectivity index (χ3v) is 7.66. The zero-order chi connectivity index (χ0) is 14.3. The summed E-state index contributed by atoms with van der Waals surface area (Å²) in [6, 6.07) is 0.0887. The summed E-state index contributed by atoms with van der Waals surface area (Å²) < 4.78 is 31.3. The van der Waals surface area contributed by atoms with Gasteiger partial charge in [-0.3, -0.25) is 0 Å². The quantitative estimate of drug-likeness (QED) is 0.860. The Balaban J connectivity index is 2.25. The van der Waals surface area contributed by atoms with Crippen LogP contribution >= 0.6 is 0 Å². The molecule has 2 aliphatic rings. The number of ether oxygens (including phenoxy) is 1. The van der Waals surface area contributed by atoms with Gasteiger partial charge in [-0.25, -0.2) is 8.42 Å². The Morgan fingerprint density at radius 2 is 1.89 bits per heavy atom. The van der Waals surface area contributed by atoms with E-state index >= 15 is 0 Å². The Hall–Kier alpha value is -0.130. The first kappa shape index (κ1) is 15.3. The highest BCUT2D eigenvalue weighted by Crippen LogP contribution is 2.40. The van der Waals surface area contributed by atoms with E-state index < -0.39 is 9.84 Å². The molecule has 0 aromatic carbocycles. The molecule has 4 nitrogen and oxygen atoms in total. The lowest BCUT2D eigenvalue weighted by atomic mass is 9.75. The van der Waals surface area contributed by atoms with E-state index in [9.17, 15) is 8.42 Å². The summed E-state index contributed by atoms with van der Waals surface area (Å²) >= 11 is 0. The molecule has 1 saturated heterocycles. The number of hydrogen-bond acceptors (Lipinski definition) is 4. The first-order chi connectivity index (χ1) is 8.78. The largest absolute Gasteiger partial charge is 0.377 e. The van der Waals surface area contributed by atoms with Crippen LogP contribution in [0.1, 0.15) is 46.5 Å². The molecule has 0 aromatic heterocycles. The summed E-state index contributed by atoms with van der Waals surface area (Å²) in [4.78, 5) is 0. The van der Waals surface area contributed by atoms with E-state index in [2.05, 4.69) is 19.2 Å². The molecule has 19 heavy (non-hydrogen) atoms. The fourth-order valence-electron chi connectivity index (χ4n) is 3.56. The zero-order valence-electron chi connectivity index (χ0n) is 12.5. The van der Waals surface area contributed by atoms with E-state index in [1.54, 1.807) is 0 Å². The molecule has 112 valence electrons. The molecule has 2 rings (SSSR count). The molecule has 1 heterocycles. The molecule has 1 saturated carbocycles. The Kier molecular flexibility index (Phi) is 4.29. The smallest absolute Gasteiger partial charge is 0.160 e. The highest BCUT2D eigenvalue weighted by molar-refractivity contribution is 7.92. The molecule has 0 aromatic rings. The minimum absolute atomic E-state index is 0.0887. The fraction of sp³-hybridized carbons (Fsp3) is 1.00. The Morgan fingerprint density at radius 1 is 1.21 bits per heavy atom. The standard InChI is InChI=1S/C14H27NO3S/c1-10-12(6-8-18-10)19(16,17)13-9-14(2,3)7-5-11(13)15-4/h10-13,15H,5-9H2,1-4H3. The van der Waals surface area contributed by atoms with Gasteiger partial charge in [0.25, 0.3) is 0 Å². The number of hydrogen-bond donors (Lipinski definition) is 1. The first-order valence-electron chi connectivity index (χ1n) is 7.29. The van der Waals surface area contributed by atoms with Crippen LogP contribution < -0.4 is 5.32 Å². The molecular formula is C14H27NO3S. The molecule has 4 unspecified atom stereocenters. The van der Waals surface area contributed by atoms with Crippen LogP contribution in [0.4, 0.5) is 0 Å². The lowest BCUT2D eigenvalue weighted by Crippen LogP contribution is -2.52. The number of sulfone groups is 1. The summed E-state index contributed by atoms with van der Waals surface area (Å²) in [5, 5.41) is 2.63. The van der Waals surface area contributed by atoms with Crippen molar-refractivity contribution < 1.29 is 13.2 Å². The maximum Gasteiger partial charge on any atom is 0.160 e. The number of nitrogens with one attached hydrogen (secondary N) is 1. The van der Waals surface area contributed by atoms with E-state index in [1.165, 1.54) is 0 Å². The van der Waals surface area contributed by atoms with Gasteiger partial charge in [0.05, 0.1) is 16.6 Å². The van der Waals surface area contributed by atoms with Gasteiger partial charge in [0.2, 0.25) is 0 Å². The number of rotatable bonds is 3. The second-order valence-corrected chi connectivity index (χ2v) is 9.22. The van der Waals surface area contributed by atoms with Crippen LogP contribution in [0, 0.1) is 5.41 Å². The fourth-order valence-corrected chi connectivity index (χ4v) is 6.46. The van der Waals surface area contributed by atoms with Crippen LogP contribution in [0.5, 0.6) is 0 Å². The van der Waals surface area contributed by atoms with Gasteiger partial charge in [-0.2, -0.15) is 0 Å². The second kappa shape index (κ2) is 5.34. The monoisotopic (exact) mass is 289 g/mol. The molecule has 0 spiro atoms. The third kappa shape index (κ3) is 2.98. The Bertz CT molecular complexity index is 418. The average Bonchev–Trinajstić information content (AvgIpc) is 2.75. The van der Waals surface area contributed by atoms with Crippen molar-refractivity contribution in [3.05, 3.63) is 0 Å². The first-order valence-corrected chi connectivity index (χ1v) is 8.90.